The average Bonchev–Trinajstić information content (AvgIpc) is 2.15. The van der Waals surface area contributed by atoms with E-state index >= 15 is 0 Å². The standard InChI is InChI=1S/C9H12F5NO2/c10-8(11,9(12,13)14)5-15-4-2-1-3-6(15)7(16)17/h6H,1-5H2,(H,16,17). The fraction of sp³-hybridized carbons (Fsp3) is 0.889. The molecule has 1 unspecified atom stereocenters. The Morgan fingerprint density at radius 2 is 1.82 bits per heavy atom. The van der Waals surface area contributed by atoms with Crippen molar-refractivity contribution in [3.05, 3.63) is 0 Å². The number of likely N-dealkylation sites (tertiary alicyclic amines) is 1. The average molecular weight is 261 g/mol. The summed E-state index contributed by atoms with van der Waals surface area (Å²) in [5.41, 5.74) is 0. The van der Waals surface area contributed by atoms with Crippen molar-refractivity contribution >= 4 is 5.97 Å². The van der Waals surface area contributed by atoms with Gasteiger partial charge in [0.2, 0.25) is 0 Å². The molecule has 0 bridgehead atoms. The number of piperidine rings is 1. The second kappa shape index (κ2) is 4.75. The van der Waals surface area contributed by atoms with Crippen LogP contribution in [0.2, 0.25) is 0 Å². The number of hydrogen-bond donors (Lipinski definition) is 1. The van der Waals surface area contributed by atoms with Crippen LogP contribution in [0.25, 0.3) is 0 Å². The summed E-state index contributed by atoms with van der Waals surface area (Å²) in [6.07, 6.45) is -4.60. The highest BCUT2D eigenvalue weighted by Crippen LogP contribution is 2.37. The molecule has 3 nitrogen and oxygen atoms in total. The summed E-state index contributed by atoms with van der Waals surface area (Å²) in [5.74, 6) is -6.24. The van der Waals surface area contributed by atoms with Crippen LogP contribution >= 0.6 is 0 Å². The van der Waals surface area contributed by atoms with Gasteiger partial charge in [0.1, 0.15) is 6.04 Å². The highest BCUT2D eigenvalue weighted by Gasteiger charge is 2.58. The number of alkyl halides is 5. The van der Waals surface area contributed by atoms with Gasteiger partial charge in [0, 0.05) is 0 Å². The van der Waals surface area contributed by atoms with Crippen molar-refractivity contribution in [2.24, 2.45) is 0 Å². The van der Waals surface area contributed by atoms with Crippen LogP contribution in [0.15, 0.2) is 0 Å². The third-order valence-corrected chi connectivity index (χ3v) is 2.72. The second-order valence-electron chi connectivity index (χ2n) is 4.02. The van der Waals surface area contributed by atoms with E-state index in [9.17, 15) is 26.7 Å². The Morgan fingerprint density at radius 1 is 1.24 bits per heavy atom. The quantitative estimate of drug-likeness (QED) is 0.791. The number of hydrogen-bond acceptors (Lipinski definition) is 2. The Morgan fingerprint density at radius 3 is 2.29 bits per heavy atom. The molecular weight excluding hydrogens is 249 g/mol. The van der Waals surface area contributed by atoms with Crippen molar-refractivity contribution < 1.29 is 31.9 Å². The van der Waals surface area contributed by atoms with Crippen molar-refractivity contribution in [2.45, 2.75) is 37.4 Å². The smallest absolute Gasteiger partial charge is 0.454 e. The first-order valence-electron chi connectivity index (χ1n) is 5.06. The zero-order valence-electron chi connectivity index (χ0n) is 8.81. The Hall–Kier alpha value is -0.920. The number of rotatable bonds is 3. The Bertz CT molecular complexity index is 292. The molecule has 0 aromatic heterocycles. The summed E-state index contributed by atoms with van der Waals surface area (Å²) in [6, 6.07) is -1.25. The van der Waals surface area contributed by atoms with E-state index in [4.69, 9.17) is 5.11 Å². The Balaban J connectivity index is 2.74. The van der Waals surface area contributed by atoms with Gasteiger partial charge in [0.15, 0.2) is 0 Å². The third kappa shape index (κ3) is 3.27. The molecule has 0 aliphatic carbocycles. The van der Waals surface area contributed by atoms with Crippen LogP contribution in [-0.2, 0) is 4.79 Å². The van der Waals surface area contributed by atoms with E-state index in [1.807, 2.05) is 0 Å². The maximum atomic E-state index is 12.8. The lowest BCUT2D eigenvalue weighted by molar-refractivity contribution is -0.288. The molecule has 1 heterocycles. The minimum absolute atomic E-state index is 0.0529. The molecule has 17 heavy (non-hydrogen) atoms. The lowest BCUT2D eigenvalue weighted by Gasteiger charge is -2.35. The molecule has 0 amide bonds. The van der Waals surface area contributed by atoms with E-state index in [1.54, 1.807) is 0 Å². The molecule has 1 fully saturated rings. The fourth-order valence-corrected chi connectivity index (χ4v) is 1.80. The van der Waals surface area contributed by atoms with Crippen molar-refractivity contribution in [3.63, 3.8) is 0 Å². The second-order valence-corrected chi connectivity index (χ2v) is 4.02. The van der Waals surface area contributed by atoms with Gasteiger partial charge in [0.25, 0.3) is 0 Å². The van der Waals surface area contributed by atoms with Gasteiger partial charge in [-0.1, -0.05) is 6.42 Å². The molecule has 1 aliphatic rings. The van der Waals surface area contributed by atoms with Crippen LogP contribution < -0.4 is 0 Å². The van der Waals surface area contributed by atoms with E-state index in [0.717, 1.165) is 0 Å². The van der Waals surface area contributed by atoms with Gasteiger partial charge in [-0.2, -0.15) is 22.0 Å². The molecule has 1 aliphatic heterocycles. The predicted molar refractivity (Wildman–Crippen MR) is 47.8 cm³/mol. The van der Waals surface area contributed by atoms with Crippen LogP contribution in [0.5, 0.6) is 0 Å². The molecule has 0 spiro atoms. The summed E-state index contributed by atoms with van der Waals surface area (Å²) in [4.78, 5) is 11.4. The van der Waals surface area contributed by atoms with Gasteiger partial charge in [-0.05, 0) is 19.4 Å². The maximum Gasteiger partial charge on any atom is 0.454 e. The number of carbonyl (C=O) groups is 1. The van der Waals surface area contributed by atoms with Crippen LogP contribution in [0.1, 0.15) is 19.3 Å². The van der Waals surface area contributed by atoms with E-state index in [-0.39, 0.29) is 13.0 Å². The first-order chi connectivity index (χ1) is 7.65. The number of carboxylic acids is 1. The van der Waals surface area contributed by atoms with Crippen LogP contribution in [-0.4, -0.2) is 47.2 Å². The lowest BCUT2D eigenvalue weighted by Crippen LogP contribution is -2.53. The number of halogens is 5. The van der Waals surface area contributed by atoms with E-state index < -0.39 is 30.7 Å². The third-order valence-electron chi connectivity index (χ3n) is 2.72. The molecule has 1 atom stereocenters. The SMILES string of the molecule is O=C(O)C1CCCCN1CC(F)(F)C(F)(F)F. The topological polar surface area (TPSA) is 40.5 Å². The first kappa shape index (κ1) is 14.1. The van der Waals surface area contributed by atoms with Crippen molar-refractivity contribution in [1.82, 2.24) is 4.90 Å². The monoisotopic (exact) mass is 261 g/mol. The number of carboxylic acid groups (broad SMARTS) is 1. The van der Waals surface area contributed by atoms with Crippen LogP contribution in [0.4, 0.5) is 22.0 Å². The summed E-state index contributed by atoms with van der Waals surface area (Å²) in [5, 5.41) is 8.74. The van der Waals surface area contributed by atoms with E-state index in [0.29, 0.717) is 17.7 Å². The first-order valence-corrected chi connectivity index (χ1v) is 5.06. The lowest BCUT2D eigenvalue weighted by atomic mass is 10.0. The number of nitrogens with zero attached hydrogens (tertiary/aromatic N) is 1. The summed E-state index contributed by atoms with van der Waals surface area (Å²) < 4.78 is 61.6. The normalized spacial score (nSPS) is 23.7. The van der Waals surface area contributed by atoms with Gasteiger partial charge in [0.05, 0.1) is 6.54 Å². The van der Waals surface area contributed by atoms with Crippen LogP contribution in [0, 0.1) is 0 Å². The van der Waals surface area contributed by atoms with Crippen molar-refractivity contribution in [3.8, 4) is 0 Å². The maximum absolute atomic E-state index is 12.8. The zero-order chi connectivity index (χ0) is 13.3. The Labute approximate surface area is 94.2 Å². The predicted octanol–water partition coefficient (Wildman–Crippen LogP) is 2.12. The molecule has 1 rings (SSSR count). The minimum atomic E-state index is -5.65. The molecule has 1 N–H and O–H groups in total. The van der Waals surface area contributed by atoms with Gasteiger partial charge in [-0.25, -0.2) is 0 Å². The molecule has 8 heteroatoms. The molecule has 100 valence electrons. The van der Waals surface area contributed by atoms with E-state index in [1.165, 1.54) is 0 Å². The largest absolute Gasteiger partial charge is 0.480 e. The highest BCUT2D eigenvalue weighted by molar-refractivity contribution is 5.73. The minimum Gasteiger partial charge on any atom is -0.480 e. The molecular formula is C9H12F5NO2. The Kier molecular flexibility index (Phi) is 3.95. The van der Waals surface area contributed by atoms with Crippen molar-refractivity contribution in [2.75, 3.05) is 13.1 Å². The molecule has 0 aromatic carbocycles. The molecule has 1 saturated heterocycles. The summed E-state index contributed by atoms with van der Waals surface area (Å²) in [6.45, 7) is -1.64. The molecule has 0 aromatic rings. The van der Waals surface area contributed by atoms with Crippen molar-refractivity contribution in [1.29, 1.82) is 0 Å². The summed E-state index contributed by atoms with van der Waals surface area (Å²) in [7, 11) is 0. The fourth-order valence-electron chi connectivity index (χ4n) is 1.80. The van der Waals surface area contributed by atoms with Crippen LogP contribution in [0.3, 0.4) is 0 Å². The zero-order valence-corrected chi connectivity index (χ0v) is 8.81. The number of aliphatic carboxylic acids is 1. The molecule has 0 saturated carbocycles. The van der Waals surface area contributed by atoms with Gasteiger partial charge < -0.3 is 5.11 Å². The van der Waals surface area contributed by atoms with Gasteiger partial charge >= 0.3 is 18.1 Å². The van der Waals surface area contributed by atoms with E-state index in [2.05, 4.69) is 0 Å². The van der Waals surface area contributed by atoms with Gasteiger partial charge in [-0.15, -0.1) is 0 Å². The highest BCUT2D eigenvalue weighted by atomic mass is 19.4. The summed E-state index contributed by atoms with van der Waals surface area (Å²) >= 11 is 0. The van der Waals surface area contributed by atoms with Gasteiger partial charge in [-0.3, -0.25) is 9.69 Å². The molecule has 0 radical (unpaired) electrons.